The van der Waals surface area contributed by atoms with Crippen molar-refractivity contribution in [3.63, 3.8) is 0 Å². The lowest BCUT2D eigenvalue weighted by molar-refractivity contribution is -0.910. The maximum absolute atomic E-state index is 11.6. The van der Waals surface area contributed by atoms with Crippen molar-refractivity contribution < 1.29 is 72.0 Å². The van der Waals surface area contributed by atoms with E-state index in [1.54, 1.807) is 14.7 Å². The molecule has 0 aromatic rings. The molecule has 440 valence electrons. The number of unbranched alkanes of at least 4 members (excludes halogenated alkanes) is 22. The smallest absolute Gasteiger partial charge is 0.395 e. The lowest BCUT2D eigenvalue weighted by Gasteiger charge is -2.37. The molecule has 1 atom stereocenters. The first-order valence-corrected chi connectivity index (χ1v) is 35.1. The zero-order chi connectivity index (χ0) is 54.6. The predicted octanol–water partition coefficient (Wildman–Crippen LogP) is 6.76. The van der Waals surface area contributed by atoms with Gasteiger partial charge in [0.2, 0.25) is 0 Å². The summed E-state index contributed by atoms with van der Waals surface area (Å²) < 4.78 is 119. The van der Waals surface area contributed by atoms with Crippen LogP contribution in [0.2, 0.25) is 6.04 Å². The molecule has 19 nitrogen and oxygen atoms in total. The number of rotatable bonds is 57. The van der Waals surface area contributed by atoms with Gasteiger partial charge >= 0.3 is 8.80 Å². The van der Waals surface area contributed by atoms with Crippen molar-refractivity contribution in [1.29, 1.82) is 0 Å². The molecular weight excluding hydrogens is 1020 g/mol. The molecule has 0 radical (unpaired) electrons. The van der Waals surface area contributed by atoms with Crippen LogP contribution in [-0.2, 0) is 43.6 Å². The molecule has 73 heavy (non-hydrogen) atoms. The zero-order valence-electron chi connectivity index (χ0n) is 46.1. The third kappa shape index (κ3) is 47.3. The van der Waals surface area contributed by atoms with Gasteiger partial charge in [0, 0.05) is 71.4 Å². The van der Waals surface area contributed by atoms with Gasteiger partial charge < -0.3 is 33.1 Å². The maximum atomic E-state index is 11.6. The van der Waals surface area contributed by atoms with Gasteiger partial charge in [-0.15, -0.1) is 0 Å². The molecule has 0 spiro atoms. The summed E-state index contributed by atoms with van der Waals surface area (Å²) in [4.78, 5) is 4.91. The number of hydrogen-bond acceptors (Lipinski definition) is 15. The van der Waals surface area contributed by atoms with Gasteiger partial charge in [0.15, 0.2) is 0 Å². The Morgan fingerprint density at radius 2 is 0.616 bits per heavy atom. The highest BCUT2D eigenvalue weighted by Gasteiger charge is 2.42. The first-order chi connectivity index (χ1) is 34.7. The van der Waals surface area contributed by atoms with Gasteiger partial charge in [0.25, 0.3) is 30.4 Å². The molecule has 23 heteroatoms. The molecule has 0 aromatic heterocycles. The summed E-state index contributed by atoms with van der Waals surface area (Å²) in [6.07, 6.45) is 31.3. The van der Waals surface area contributed by atoms with Crippen LogP contribution in [0.5, 0.6) is 0 Å². The largest absolute Gasteiger partial charge is 0.501 e. The summed E-state index contributed by atoms with van der Waals surface area (Å²) in [6, 6.07) is 0.359. The number of aliphatic hydroxyl groups excluding tert-OH is 3. The van der Waals surface area contributed by atoms with E-state index in [0.717, 1.165) is 37.0 Å². The number of hydrogen-bond donors (Lipinski definition) is 6. The molecule has 0 rings (SSSR count). The Balaban J connectivity index is 6.32. The van der Waals surface area contributed by atoms with Gasteiger partial charge in [0.1, 0.15) is 0 Å². The molecular formula is C50H109N4O15S3Si+. The molecule has 0 amide bonds. The molecule has 1 unspecified atom stereocenters. The van der Waals surface area contributed by atoms with Gasteiger partial charge in [-0.05, 0) is 25.7 Å². The van der Waals surface area contributed by atoms with E-state index in [-0.39, 0.29) is 98.5 Å². The number of nitrogens with zero attached hydrogens (tertiary/aromatic N) is 4. The van der Waals surface area contributed by atoms with Crippen LogP contribution >= 0.6 is 0 Å². The van der Waals surface area contributed by atoms with Gasteiger partial charge in [-0.1, -0.05) is 142 Å². The van der Waals surface area contributed by atoms with Crippen LogP contribution < -0.4 is 0 Å². The molecule has 0 saturated carbocycles. The highest BCUT2D eigenvalue weighted by atomic mass is 32.2. The van der Waals surface area contributed by atoms with E-state index in [9.17, 15) is 54.2 Å². The van der Waals surface area contributed by atoms with E-state index >= 15 is 0 Å². The summed E-state index contributed by atoms with van der Waals surface area (Å²) in [5.41, 5.74) is 0. The van der Waals surface area contributed by atoms with E-state index < -0.39 is 56.4 Å². The first kappa shape index (κ1) is 72.5. The highest BCUT2D eigenvalue weighted by Crippen LogP contribution is 2.23. The molecule has 0 bridgehead atoms. The Kier molecular flexibility index (Phi) is 45.1. The van der Waals surface area contributed by atoms with E-state index in [1.165, 1.54) is 141 Å². The van der Waals surface area contributed by atoms with Gasteiger partial charge in [-0.3, -0.25) is 28.4 Å². The summed E-state index contributed by atoms with van der Waals surface area (Å²) in [5.74, 6) is -1.65. The Hall–Kier alpha value is -0.453. The topological polar surface area (TPSA) is 261 Å². The summed E-state index contributed by atoms with van der Waals surface area (Å²) >= 11 is 0. The molecule has 0 aliphatic rings. The van der Waals surface area contributed by atoms with Crippen LogP contribution in [0.1, 0.15) is 174 Å². The van der Waals surface area contributed by atoms with Gasteiger partial charge in [-0.2, -0.15) is 25.3 Å². The lowest BCUT2D eigenvalue weighted by Crippen LogP contribution is -2.52. The maximum Gasteiger partial charge on any atom is 0.501 e. The third-order valence-electron chi connectivity index (χ3n) is 13.7. The quantitative estimate of drug-likeness (QED) is 0.0159. The van der Waals surface area contributed by atoms with Crippen LogP contribution in [0.3, 0.4) is 0 Å². The average molecular weight is 1130 g/mol. The van der Waals surface area contributed by atoms with Crippen molar-refractivity contribution in [3.8, 4) is 0 Å². The SMILES string of the molecule is CCCCCCCCCCCCCCCCCC[N+](C)(CCCCCCCCCC)CCC[Si](OCCN(CCO)CCS(=O)(=O)O)(OCCN(CCO)CCS(=O)(=O)O)OCCN(CCO)CCS(=O)(=O)O. The summed E-state index contributed by atoms with van der Waals surface area (Å²) in [5, 5.41) is 29.3. The molecule has 6 N–H and O–H groups in total. The minimum atomic E-state index is -4.29. The first-order valence-electron chi connectivity index (χ1n) is 28.4. The van der Waals surface area contributed by atoms with E-state index in [0.29, 0.717) is 12.5 Å². The summed E-state index contributed by atoms with van der Waals surface area (Å²) in [7, 11) is -14.3. The van der Waals surface area contributed by atoms with Crippen molar-refractivity contribution in [2.45, 2.75) is 180 Å². The van der Waals surface area contributed by atoms with E-state index in [4.69, 9.17) is 13.3 Å². The average Bonchev–Trinajstić information content (AvgIpc) is 3.31. The molecule has 0 aliphatic carbocycles. The van der Waals surface area contributed by atoms with Gasteiger partial charge in [-0.25, -0.2) is 0 Å². The Bertz CT molecular complexity index is 1480. The normalized spacial score (nSPS) is 13.8. The van der Waals surface area contributed by atoms with Crippen molar-refractivity contribution in [1.82, 2.24) is 14.7 Å². The van der Waals surface area contributed by atoms with Crippen LogP contribution in [0.25, 0.3) is 0 Å². The van der Waals surface area contributed by atoms with Crippen LogP contribution in [-0.4, -0.2) is 225 Å². The lowest BCUT2D eigenvalue weighted by atomic mass is 10.0. The van der Waals surface area contributed by atoms with Crippen molar-refractivity contribution in [2.75, 3.05) is 142 Å². The minimum Gasteiger partial charge on any atom is -0.395 e. The molecule has 0 saturated heterocycles. The van der Waals surface area contributed by atoms with E-state index in [2.05, 4.69) is 20.9 Å². The Labute approximate surface area is 446 Å². The predicted molar refractivity (Wildman–Crippen MR) is 296 cm³/mol. The Morgan fingerprint density at radius 3 is 0.863 bits per heavy atom. The second-order valence-corrected chi connectivity index (χ2v) is 27.9. The third-order valence-corrected chi connectivity index (χ3v) is 18.7. The Morgan fingerprint density at radius 1 is 0.370 bits per heavy atom. The fourth-order valence-electron chi connectivity index (χ4n) is 9.18. The fraction of sp³-hybridized carbons (Fsp3) is 1.00. The van der Waals surface area contributed by atoms with Crippen LogP contribution in [0, 0.1) is 0 Å². The fourth-order valence-corrected chi connectivity index (χ4v) is 13.1. The number of aliphatic hydroxyl groups is 3. The van der Waals surface area contributed by atoms with Crippen LogP contribution in [0.15, 0.2) is 0 Å². The standard InChI is InChI=1S/C50H108N4O15S3Si/c1-4-6-8-10-12-14-15-16-17-18-19-20-21-23-25-27-39-54(3,38-26-24-22-13-11-9-7-5-2)40-28-50-73(67-44-32-51(29-41-55)35-47-70(58,59)60,68-45-33-52(30-42-56)36-48-71(61,62)63)69-46-34-53(31-43-57)37-49-72(64,65)66/h55-57H,4-50H2,1-3H3,(H2-,58,59,60,61,62,63,64,65,66)/p+1. The second kappa shape index (κ2) is 45.4. The number of quaternary nitrogens is 1. The molecule has 0 aliphatic heterocycles. The monoisotopic (exact) mass is 1130 g/mol. The molecule has 0 fully saturated rings. The van der Waals surface area contributed by atoms with Crippen molar-refractivity contribution in [3.05, 3.63) is 0 Å². The minimum absolute atomic E-state index is 0.00645. The molecule has 0 heterocycles. The van der Waals surface area contributed by atoms with Crippen molar-refractivity contribution in [2.24, 2.45) is 0 Å². The van der Waals surface area contributed by atoms with Gasteiger partial charge in [0.05, 0.1) is 83.6 Å². The van der Waals surface area contributed by atoms with E-state index in [1.807, 2.05) is 0 Å². The highest BCUT2D eigenvalue weighted by molar-refractivity contribution is 7.86. The second-order valence-electron chi connectivity index (χ2n) is 20.5. The van der Waals surface area contributed by atoms with Crippen LogP contribution in [0.4, 0.5) is 0 Å². The zero-order valence-corrected chi connectivity index (χ0v) is 49.6. The molecule has 0 aromatic carbocycles. The summed E-state index contributed by atoms with van der Waals surface area (Å²) in [6.45, 7) is 7.06. The van der Waals surface area contributed by atoms with Crippen molar-refractivity contribution >= 4 is 39.2 Å².